The molecule has 1 aromatic rings. The highest BCUT2D eigenvalue weighted by molar-refractivity contribution is 6.74. The second-order valence-corrected chi connectivity index (χ2v) is 11.0. The highest BCUT2D eigenvalue weighted by Crippen LogP contribution is 2.39. The van der Waals surface area contributed by atoms with Crippen molar-refractivity contribution in [3.63, 3.8) is 0 Å². The van der Waals surface area contributed by atoms with Crippen LogP contribution < -0.4 is 4.74 Å². The molecule has 0 saturated carbocycles. The van der Waals surface area contributed by atoms with Gasteiger partial charge in [0.1, 0.15) is 5.75 Å². The van der Waals surface area contributed by atoms with Gasteiger partial charge in [-0.05, 0) is 42.8 Å². The van der Waals surface area contributed by atoms with Gasteiger partial charge >= 0.3 is 0 Å². The van der Waals surface area contributed by atoms with Crippen LogP contribution in [0.3, 0.4) is 0 Å². The van der Waals surface area contributed by atoms with E-state index in [0.29, 0.717) is 0 Å². The number of methoxy groups -OCH3 is 1. The number of benzene rings is 1. The molecule has 102 valence electrons. The van der Waals surface area contributed by atoms with E-state index in [9.17, 15) is 0 Å². The van der Waals surface area contributed by atoms with Crippen LogP contribution >= 0.6 is 0 Å². The van der Waals surface area contributed by atoms with Crippen LogP contribution in [0.5, 0.6) is 5.75 Å². The zero-order valence-electron chi connectivity index (χ0n) is 12.7. The fraction of sp³-hybridized carbons (Fsp3) is 0.600. The molecule has 2 nitrogen and oxygen atoms in total. The molecule has 1 rings (SSSR count). The lowest BCUT2D eigenvalue weighted by Gasteiger charge is -2.38. The van der Waals surface area contributed by atoms with Gasteiger partial charge in [0.25, 0.3) is 0 Å². The first kappa shape index (κ1) is 15.3. The molecule has 1 unspecified atom stereocenters. The molecule has 1 aromatic carbocycles. The molecule has 0 fully saturated rings. The normalized spacial score (nSPS) is 14.4. The molecule has 0 aliphatic carbocycles. The lowest BCUT2D eigenvalue weighted by Crippen LogP contribution is -2.41. The molecule has 1 atom stereocenters. The van der Waals surface area contributed by atoms with Crippen LogP contribution in [0.4, 0.5) is 0 Å². The first-order valence-electron chi connectivity index (χ1n) is 6.49. The Hall–Kier alpha value is -0.803. The maximum absolute atomic E-state index is 6.36. The first-order chi connectivity index (χ1) is 8.17. The quantitative estimate of drug-likeness (QED) is 0.730. The molecule has 0 spiro atoms. The van der Waals surface area contributed by atoms with E-state index in [1.54, 1.807) is 7.11 Å². The number of hydrogen-bond donors (Lipinski definition) is 0. The number of rotatable bonds is 4. The van der Waals surface area contributed by atoms with E-state index >= 15 is 0 Å². The molecular weight excluding hydrogens is 240 g/mol. The van der Waals surface area contributed by atoms with E-state index in [2.05, 4.69) is 52.9 Å². The van der Waals surface area contributed by atoms with E-state index in [1.165, 1.54) is 5.56 Å². The van der Waals surface area contributed by atoms with E-state index in [1.807, 2.05) is 12.1 Å². The smallest absolute Gasteiger partial charge is 0.192 e. The van der Waals surface area contributed by atoms with Gasteiger partial charge in [-0.15, -0.1) is 0 Å². The summed E-state index contributed by atoms with van der Waals surface area (Å²) in [4.78, 5) is 0. The van der Waals surface area contributed by atoms with Crippen molar-refractivity contribution < 1.29 is 9.16 Å². The lowest BCUT2D eigenvalue weighted by atomic mass is 10.1. The fourth-order valence-corrected chi connectivity index (χ4v) is 2.94. The van der Waals surface area contributed by atoms with Gasteiger partial charge in [-0.2, -0.15) is 0 Å². The zero-order valence-corrected chi connectivity index (χ0v) is 13.7. The molecule has 0 aliphatic heterocycles. The average molecular weight is 266 g/mol. The van der Waals surface area contributed by atoms with Crippen molar-refractivity contribution in [3.05, 3.63) is 29.8 Å². The van der Waals surface area contributed by atoms with Crippen LogP contribution in [-0.4, -0.2) is 15.4 Å². The highest BCUT2D eigenvalue weighted by Gasteiger charge is 2.38. The minimum absolute atomic E-state index is 0.136. The van der Waals surface area contributed by atoms with Gasteiger partial charge in [0.15, 0.2) is 8.32 Å². The summed E-state index contributed by atoms with van der Waals surface area (Å²) in [5.74, 6) is 0.887. The minimum atomic E-state index is -1.70. The van der Waals surface area contributed by atoms with Crippen molar-refractivity contribution >= 4 is 8.32 Å². The lowest BCUT2D eigenvalue weighted by molar-refractivity contribution is 0.203. The third-order valence-corrected chi connectivity index (χ3v) is 8.42. The van der Waals surface area contributed by atoms with Crippen molar-refractivity contribution in [2.24, 2.45) is 0 Å². The van der Waals surface area contributed by atoms with Crippen molar-refractivity contribution in [2.75, 3.05) is 7.11 Å². The summed E-state index contributed by atoms with van der Waals surface area (Å²) in [6.07, 6.45) is 0.136. The van der Waals surface area contributed by atoms with Crippen molar-refractivity contribution in [1.82, 2.24) is 0 Å². The van der Waals surface area contributed by atoms with Crippen LogP contribution in [-0.2, 0) is 4.43 Å². The number of hydrogen-bond acceptors (Lipinski definition) is 2. The van der Waals surface area contributed by atoms with E-state index in [-0.39, 0.29) is 11.1 Å². The van der Waals surface area contributed by atoms with Crippen molar-refractivity contribution in [3.8, 4) is 5.75 Å². The second-order valence-electron chi connectivity index (χ2n) is 6.29. The van der Waals surface area contributed by atoms with Gasteiger partial charge in [-0.1, -0.05) is 32.9 Å². The second kappa shape index (κ2) is 5.45. The van der Waals surface area contributed by atoms with Gasteiger partial charge in [0, 0.05) is 0 Å². The van der Waals surface area contributed by atoms with Gasteiger partial charge in [-0.3, -0.25) is 0 Å². The topological polar surface area (TPSA) is 18.5 Å². The zero-order chi connectivity index (χ0) is 14.0. The Balaban J connectivity index is 2.78. The molecule has 0 aromatic heterocycles. The van der Waals surface area contributed by atoms with Gasteiger partial charge < -0.3 is 9.16 Å². The molecule has 3 heteroatoms. The molecule has 0 N–H and O–H groups in total. The average Bonchev–Trinajstić information content (AvgIpc) is 2.27. The molecule has 0 aliphatic rings. The first-order valence-corrected chi connectivity index (χ1v) is 9.40. The fourth-order valence-electron chi connectivity index (χ4n) is 1.56. The Labute approximate surface area is 112 Å². The third kappa shape index (κ3) is 3.59. The van der Waals surface area contributed by atoms with Crippen LogP contribution in [0.2, 0.25) is 18.1 Å². The van der Waals surface area contributed by atoms with Crippen molar-refractivity contribution in [2.45, 2.75) is 51.9 Å². The van der Waals surface area contributed by atoms with Crippen molar-refractivity contribution in [1.29, 1.82) is 0 Å². The van der Waals surface area contributed by atoms with Crippen LogP contribution in [0.1, 0.15) is 39.4 Å². The van der Waals surface area contributed by atoms with E-state index in [4.69, 9.17) is 9.16 Å². The van der Waals surface area contributed by atoms with Gasteiger partial charge in [0.05, 0.1) is 13.2 Å². The molecule has 0 amide bonds. The Morgan fingerprint density at radius 3 is 1.94 bits per heavy atom. The third-order valence-electron chi connectivity index (χ3n) is 3.86. The Morgan fingerprint density at radius 2 is 1.56 bits per heavy atom. The summed E-state index contributed by atoms with van der Waals surface area (Å²) >= 11 is 0. The summed E-state index contributed by atoms with van der Waals surface area (Å²) in [5, 5.41) is 0.244. The molecule has 0 heterocycles. The van der Waals surface area contributed by atoms with Crippen LogP contribution in [0.25, 0.3) is 0 Å². The Kier molecular flexibility index (Phi) is 4.62. The largest absolute Gasteiger partial charge is 0.497 e. The molecule has 0 bridgehead atoms. The molecule has 0 saturated heterocycles. The van der Waals surface area contributed by atoms with E-state index in [0.717, 1.165) is 5.75 Å². The molecule has 0 radical (unpaired) electrons. The number of ether oxygens (including phenoxy) is 1. The van der Waals surface area contributed by atoms with Gasteiger partial charge in [-0.25, -0.2) is 0 Å². The SMILES string of the molecule is COc1ccc(C(C)O[Si](C)(C)C(C)(C)C)cc1. The Bertz CT molecular complexity index is 376. The molecular formula is C15H26O2Si. The van der Waals surface area contributed by atoms with Crippen LogP contribution in [0, 0.1) is 0 Å². The highest BCUT2D eigenvalue weighted by atomic mass is 28.4. The van der Waals surface area contributed by atoms with E-state index < -0.39 is 8.32 Å². The summed E-state index contributed by atoms with van der Waals surface area (Å²) in [7, 11) is -0.0188. The molecule has 18 heavy (non-hydrogen) atoms. The summed E-state index contributed by atoms with van der Waals surface area (Å²) in [6.45, 7) is 13.5. The standard InChI is InChI=1S/C15H26O2Si/c1-12(17-18(6,7)15(2,3)4)13-8-10-14(16-5)11-9-13/h8-12H,1-7H3. The summed E-state index contributed by atoms with van der Waals surface area (Å²) < 4.78 is 11.5. The predicted molar refractivity (Wildman–Crippen MR) is 79.7 cm³/mol. The summed E-state index contributed by atoms with van der Waals surface area (Å²) in [5.41, 5.74) is 1.21. The minimum Gasteiger partial charge on any atom is -0.497 e. The Morgan fingerprint density at radius 1 is 1.06 bits per heavy atom. The maximum atomic E-state index is 6.36. The summed E-state index contributed by atoms with van der Waals surface area (Å²) in [6, 6.07) is 8.13. The monoisotopic (exact) mass is 266 g/mol. The van der Waals surface area contributed by atoms with Crippen LogP contribution in [0.15, 0.2) is 24.3 Å². The maximum Gasteiger partial charge on any atom is 0.192 e. The van der Waals surface area contributed by atoms with Gasteiger partial charge in [0.2, 0.25) is 0 Å². The predicted octanol–water partition coefficient (Wildman–Crippen LogP) is 4.78.